The van der Waals surface area contributed by atoms with Gasteiger partial charge >= 0.3 is 0 Å². The van der Waals surface area contributed by atoms with E-state index in [0.29, 0.717) is 35.0 Å². The number of anilines is 2. The molecule has 2 amide bonds. The van der Waals surface area contributed by atoms with Gasteiger partial charge in [-0.1, -0.05) is 13.8 Å². The second-order valence-corrected chi connectivity index (χ2v) is 6.60. The predicted octanol–water partition coefficient (Wildman–Crippen LogP) is 3.49. The molecule has 0 aliphatic carbocycles. The van der Waals surface area contributed by atoms with Gasteiger partial charge < -0.3 is 25.8 Å². The summed E-state index contributed by atoms with van der Waals surface area (Å²) in [6, 6.07) is 11.1. The molecule has 0 aliphatic rings. The van der Waals surface area contributed by atoms with Crippen molar-refractivity contribution in [2.45, 2.75) is 26.8 Å². The molecular weight excluding hydrogens is 394 g/mol. The van der Waals surface area contributed by atoms with Crippen molar-refractivity contribution in [3.8, 4) is 11.5 Å². The molecular formula is C21H28ClN3O4. The molecule has 29 heavy (non-hydrogen) atoms. The minimum Gasteiger partial charge on any atom is -0.495 e. The van der Waals surface area contributed by atoms with Crippen LogP contribution in [0, 0.1) is 5.92 Å². The summed E-state index contributed by atoms with van der Waals surface area (Å²) in [6.45, 7) is 6.18. The first-order valence-electron chi connectivity index (χ1n) is 9.13. The predicted molar refractivity (Wildman–Crippen MR) is 117 cm³/mol. The zero-order valence-electron chi connectivity index (χ0n) is 17.0. The molecule has 0 radical (unpaired) electrons. The molecule has 0 heterocycles. The van der Waals surface area contributed by atoms with Crippen molar-refractivity contribution < 1.29 is 19.1 Å². The van der Waals surface area contributed by atoms with Crippen molar-refractivity contribution in [2.75, 3.05) is 24.8 Å². The first kappa shape index (κ1) is 24.1. The van der Waals surface area contributed by atoms with Crippen LogP contribution in [-0.2, 0) is 4.79 Å². The van der Waals surface area contributed by atoms with Gasteiger partial charge in [-0.15, -0.1) is 12.4 Å². The van der Waals surface area contributed by atoms with E-state index in [-0.39, 0.29) is 30.1 Å². The SMILES string of the molecule is CCOc1ccc(C(=O)NC(C(=O)Nc2ccc(OC)c(N)c2)C(C)C)cc1.Cl. The van der Waals surface area contributed by atoms with Crippen LogP contribution >= 0.6 is 12.4 Å². The third-order valence-electron chi connectivity index (χ3n) is 4.16. The quantitative estimate of drug-likeness (QED) is 0.566. The Morgan fingerprint density at radius 1 is 1.10 bits per heavy atom. The summed E-state index contributed by atoms with van der Waals surface area (Å²) >= 11 is 0. The van der Waals surface area contributed by atoms with Gasteiger partial charge in [0.25, 0.3) is 5.91 Å². The van der Waals surface area contributed by atoms with Gasteiger partial charge in [0.2, 0.25) is 5.91 Å². The van der Waals surface area contributed by atoms with Crippen LogP contribution in [0.4, 0.5) is 11.4 Å². The Labute approximate surface area is 177 Å². The average Bonchev–Trinajstić information content (AvgIpc) is 2.66. The zero-order valence-corrected chi connectivity index (χ0v) is 17.8. The van der Waals surface area contributed by atoms with Crippen molar-refractivity contribution in [1.29, 1.82) is 0 Å². The van der Waals surface area contributed by atoms with Crippen molar-refractivity contribution in [3.63, 3.8) is 0 Å². The lowest BCUT2D eigenvalue weighted by Crippen LogP contribution is -2.47. The Balaban J connectivity index is 0.00000420. The number of halogens is 1. The van der Waals surface area contributed by atoms with Crippen LogP contribution in [0.3, 0.4) is 0 Å². The fourth-order valence-electron chi connectivity index (χ4n) is 2.66. The maximum atomic E-state index is 12.7. The number of benzene rings is 2. The summed E-state index contributed by atoms with van der Waals surface area (Å²) in [7, 11) is 1.52. The molecule has 2 aromatic carbocycles. The number of amides is 2. The molecule has 7 nitrogen and oxygen atoms in total. The van der Waals surface area contributed by atoms with Gasteiger partial charge in [0.1, 0.15) is 17.5 Å². The van der Waals surface area contributed by atoms with Gasteiger partial charge in [-0.25, -0.2) is 0 Å². The van der Waals surface area contributed by atoms with E-state index in [4.69, 9.17) is 15.2 Å². The van der Waals surface area contributed by atoms with E-state index in [0.717, 1.165) is 0 Å². The molecule has 2 aromatic rings. The van der Waals surface area contributed by atoms with Gasteiger partial charge in [-0.05, 0) is 55.3 Å². The molecule has 0 bridgehead atoms. The van der Waals surface area contributed by atoms with E-state index in [1.54, 1.807) is 42.5 Å². The molecule has 0 aliphatic heterocycles. The Morgan fingerprint density at radius 3 is 2.28 bits per heavy atom. The number of carbonyl (C=O) groups is 2. The fraction of sp³-hybridized carbons (Fsp3) is 0.333. The first-order chi connectivity index (χ1) is 13.3. The normalized spacial score (nSPS) is 11.2. The second-order valence-electron chi connectivity index (χ2n) is 6.60. The number of rotatable bonds is 8. The number of nitrogen functional groups attached to an aromatic ring is 1. The molecule has 2 rings (SSSR count). The number of ether oxygens (including phenoxy) is 2. The topological polar surface area (TPSA) is 103 Å². The van der Waals surface area contributed by atoms with Crippen molar-refractivity contribution >= 4 is 35.6 Å². The maximum absolute atomic E-state index is 12.7. The van der Waals surface area contributed by atoms with E-state index >= 15 is 0 Å². The Hall–Kier alpha value is -2.93. The molecule has 1 atom stereocenters. The summed E-state index contributed by atoms with van der Waals surface area (Å²) in [4.78, 5) is 25.3. The van der Waals surface area contributed by atoms with Crippen LogP contribution in [0.15, 0.2) is 42.5 Å². The lowest BCUT2D eigenvalue weighted by molar-refractivity contribution is -0.118. The molecule has 0 saturated heterocycles. The van der Waals surface area contributed by atoms with Crippen LogP contribution in [0.25, 0.3) is 0 Å². The minimum absolute atomic E-state index is 0. The van der Waals surface area contributed by atoms with Crippen LogP contribution < -0.4 is 25.8 Å². The Kier molecular flexibility index (Phi) is 9.28. The number of carbonyl (C=O) groups excluding carboxylic acids is 2. The number of methoxy groups -OCH3 is 1. The minimum atomic E-state index is -0.706. The molecule has 0 aromatic heterocycles. The third-order valence-corrected chi connectivity index (χ3v) is 4.16. The third kappa shape index (κ3) is 6.57. The highest BCUT2D eigenvalue weighted by Gasteiger charge is 2.25. The lowest BCUT2D eigenvalue weighted by Gasteiger charge is -2.22. The zero-order chi connectivity index (χ0) is 20.7. The van der Waals surface area contributed by atoms with Gasteiger partial charge in [0.15, 0.2) is 0 Å². The highest BCUT2D eigenvalue weighted by molar-refractivity contribution is 6.01. The first-order valence-corrected chi connectivity index (χ1v) is 9.13. The molecule has 8 heteroatoms. The maximum Gasteiger partial charge on any atom is 0.251 e. The van der Waals surface area contributed by atoms with Crippen molar-refractivity contribution in [2.24, 2.45) is 5.92 Å². The van der Waals surface area contributed by atoms with Gasteiger partial charge in [0, 0.05) is 11.3 Å². The summed E-state index contributed by atoms with van der Waals surface area (Å²) < 4.78 is 10.5. The molecule has 0 saturated carbocycles. The standard InChI is InChI=1S/C21H27N3O4.ClH/c1-5-28-16-9-6-14(7-10-16)20(25)24-19(13(2)3)21(26)23-15-8-11-18(27-4)17(22)12-15;/h6-13,19H,5,22H2,1-4H3,(H,23,26)(H,24,25);1H. The van der Waals surface area contributed by atoms with Crippen molar-refractivity contribution in [3.05, 3.63) is 48.0 Å². The Morgan fingerprint density at radius 2 is 1.76 bits per heavy atom. The van der Waals surface area contributed by atoms with E-state index < -0.39 is 6.04 Å². The van der Waals surface area contributed by atoms with E-state index in [2.05, 4.69) is 10.6 Å². The van der Waals surface area contributed by atoms with Crippen LogP contribution in [0.2, 0.25) is 0 Å². The molecule has 4 N–H and O–H groups in total. The summed E-state index contributed by atoms with van der Waals surface area (Å²) in [5.41, 5.74) is 7.28. The summed E-state index contributed by atoms with van der Waals surface area (Å²) in [5.74, 6) is 0.462. The number of nitrogens with two attached hydrogens (primary N) is 1. The monoisotopic (exact) mass is 421 g/mol. The van der Waals surface area contributed by atoms with E-state index in [1.807, 2.05) is 20.8 Å². The van der Waals surface area contributed by atoms with Crippen LogP contribution in [0.5, 0.6) is 11.5 Å². The molecule has 158 valence electrons. The average molecular weight is 422 g/mol. The number of hydrogen-bond acceptors (Lipinski definition) is 5. The lowest BCUT2D eigenvalue weighted by atomic mass is 10.0. The Bertz CT molecular complexity index is 825. The number of hydrogen-bond donors (Lipinski definition) is 3. The number of nitrogens with one attached hydrogen (secondary N) is 2. The summed E-state index contributed by atoms with van der Waals surface area (Å²) in [6.07, 6.45) is 0. The highest BCUT2D eigenvalue weighted by atomic mass is 35.5. The van der Waals surface area contributed by atoms with Crippen LogP contribution in [0.1, 0.15) is 31.1 Å². The van der Waals surface area contributed by atoms with E-state index in [1.165, 1.54) is 7.11 Å². The van der Waals surface area contributed by atoms with Gasteiger partial charge in [0.05, 0.1) is 19.4 Å². The molecule has 0 fully saturated rings. The van der Waals surface area contributed by atoms with Gasteiger partial charge in [-0.3, -0.25) is 9.59 Å². The van der Waals surface area contributed by atoms with E-state index in [9.17, 15) is 9.59 Å². The largest absolute Gasteiger partial charge is 0.495 e. The molecule has 0 spiro atoms. The van der Waals surface area contributed by atoms with Gasteiger partial charge in [-0.2, -0.15) is 0 Å². The van der Waals surface area contributed by atoms with Crippen LogP contribution in [-0.4, -0.2) is 31.6 Å². The summed E-state index contributed by atoms with van der Waals surface area (Å²) in [5, 5.41) is 5.58. The highest BCUT2D eigenvalue weighted by Crippen LogP contribution is 2.25. The molecule has 1 unspecified atom stereocenters. The second kappa shape index (κ2) is 11.2. The fourth-order valence-corrected chi connectivity index (χ4v) is 2.66. The smallest absolute Gasteiger partial charge is 0.251 e. The van der Waals surface area contributed by atoms with Crippen molar-refractivity contribution in [1.82, 2.24) is 5.32 Å².